The SMILES string of the molecule is C=C[C@@H]1C[C@@H](OS(=O)O[C@@H]2C[C@@H](C)OC(=O)c3c(O)cc(O)c(Cl)c3CC(=O)/C=C/C=C\C2Cl)C(Cl)C=C/C=C/C(=O)Cc2c(Cl)c(O)cc(O)c2C(=O)O1. The normalized spacial score (nSPS) is 26.6. The lowest BCUT2D eigenvalue weighted by atomic mass is 9.99. The summed E-state index contributed by atoms with van der Waals surface area (Å²) in [4.78, 5) is 52.0. The number of allylic oxidation sites excluding steroid dienone is 6. The molecule has 294 valence electrons. The molecule has 7 atom stereocenters. The van der Waals surface area contributed by atoms with Crippen LogP contribution in [0.15, 0.2) is 73.4 Å². The van der Waals surface area contributed by atoms with Gasteiger partial charge in [0.05, 0.1) is 20.8 Å². The second-order valence-electron chi connectivity index (χ2n) is 12.2. The molecule has 18 heteroatoms. The number of alkyl halides is 2. The van der Waals surface area contributed by atoms with Gasteiger partial charge in [0.1, 0.15) is 58.5 Å². The molecule has 0 aliphatic carbocycles. The van der Waals surface area contributed by atoms with E-state index in [2.05, 4.69) is 6.58 Å². The van der Waals surface area contributed by atoms with E-state index < -0.39 is 117 Å². The fraction of sp³-hybridized carbons (Fsp3) is 0.297. The summed E-state index contributed by atoms with van der Waals surface area (Å²) in [5.74, 6) is -5.83. The van der Waals surface area contributed by atoms with Gasteiger partial charge in [0.25, 0.3) is 0 Å². The van der Waals surface area contributed by atoms with Crippen molar-refractivity contribution in [3.63, 3.8) is 0 Å². The van der Waals surface area contributed by atoms with Crippen LogP contribution in [0.1, 0.15) is 51.6 Å². The predicted molar refractivity (Wildman–Crippen MR) is 204 cm³/mol. The van der Waals surface area contributed by atoms with Gasteiger partial charge in [-0.2, -0.15) is 4.21 Å². The number of ether oxygens (including phenoxy) is 2. The highest BCUT2D eigenvalue weighted by molar-refractivity contribution is 7.75. The maximum Gasteiger partial charge on any atom is 0.342 e. The van der Waals surface area contributed by atoms with Crippen molar-refractivity contribution in [3.8, 4) is 23.0 Å². The summed E-state index contributed by atoms with van der Waals surface area (Å²) in [5, 5.41) is 38.5. The zero-order chi connectivity index (χ0) is 40.6. The van der Waals surface area contributed by atoms with Crippen molar-refractivity contribution >= 4 is 81.3 Å². The van der Waals surface area contributed by atoms with Crippen LogP contribution in [0.5, 0.6) is 23.0 Å². The summed E-state index contributed by atoms with van der Waals surface area (Å²) in [6, 6.07) is 1.66. The Kier molecular flexibility index (Phi) is 15.6. The molecule has 0 fully saturated rings. The highest BCUT2D eigenvalue weighted by Gasteiger charge is 2.33. The lowest BCUT2D eigenvalue weighted by Crippen LogP contribution is -2.34. The van der Waals surface area contributed by atoms with Gasteiger partial charge in [0.2, 0.25) is 0 Å². The van der Waals surface area contributed by atoms with E-state index >= 15 is 0 Å². The number of fused-ring (bicyclic) bond motifs is 2. The molecule has 4 N–H and O–H groups in total. The number of carbonyl (C=O) groups excluding carboxylic acids is 4. The minimum Gasteiger partial charge on any atom is -0.507 e. The first kappa shape index (κ1) is 43.6. The largest absolute Gasteiger partial charge is 0.507 e. The number of benzene rings is 2. The highest BCUT2D eigenvalue weighted by atomic mass is 35.5. The van der Waals surface area contributed by atoms with Crippen molar-refractivity contribution in [1.82, 2.24) is 0 Å². The molecule has 0 amide bonds. The lowest BCUT2D eigenvalue weighted by Gasteiger charge is -2.26. The Morgan fingerprint density at radius 3 is 1.62 bits per heavy atom. The summed E-state index contributed by atoms with van der Waals surface area (Å²) in [7, 11) is 0. The number of cyclic esters (lactones) is 2. The Labute approximate surface area is 337 Å². The van der Waals surface area contributed by atoms with Crippen molar-refractivity contribution in [2.75, 3.05) is 0 Å². The van der Waals surface area contributed by atoms with Gasteiger partial charge in [-0.1, -0.05) is 72.3 Å². The molecule has 0 radical (unpaired) electrons. The van der Waals surface area contributed by atoms with E-state index in [-0.39, 0.29) is 34.0 Å². The molecule has 0 bridgehead atoms. The van der Waals surface area contributed by atoms with Crippen molar-refractivity contribution in [2.24, 2.45) is 0 Å². The molecule has 3 unspecified atom stereocenters. The summed E-state index contributed by atoms with van der Waals surface area (Å²) < 4.78 is 36.0. The third-order valence-corrected chi connectivity index (χ3v) is 10.6. The average molecular weight is 861 g/mol. The van der Waals surface area contributed by atoms with Crippen molar-refractivity contribution < 1.29 is 61.7 Å². The Bertz CT molecular complexity index is 1990. The van der Waals surface area contributed by atoms with E-state index in [0.717, 1.165) is 24.3 Å². The number of ketones is 2. The Hall–Kier alpha value is -4.15. The zero-order valence-corrected chi connectivity index (χ0v) is 32.6. The lowest BCUT2D eigenvalue weighted by molar-refractivity contribution is -0.114. The molecule has 0 saturated carbocycles. The molecular formula is C37H34Cl4O13S. The molecule has 4 rings (SSSR count). The van der Waals surface area contributed by atoms with Crippen molar-refractivity contribution in [2.45, 2.75) is 67.8 Å². The first-order valence-corrected chi connectivity index (χ1v) is 18.9. The van der Waals surface area contributed by atoms with Crippen LogP contribution in [0.3, 0.4) is 0 Å². The Balaban J connectivity index is 1.60. The van der Waals surface area contributed by atoms with Crippen LogP contribution in [0, 0.1) is 0 Å². The van der Waals surface area contributed by atoms with E-state index in [0.29, 0.717) is 0 Å². The monoisotopic (exact) mass is 858 g/mol. The van der Waals surface area contributed by atoms with E-state index in [4.69, 9.17) is 64.2 Å². The van der Waals surface area contributed by atoms with E-state index in [1.807, 2.05) is 0 Å². The van der Waals surface area contributed by atoms with Gasteiger partial charge in [0, 0.05) is 48.9 Å². The number of phenolic OH excluding ortho intramolecular Hbond substituents is 4. The number of hydrogen-bond acceptors (Lipinski definition) is 13. The molecule has 0 aromatic heterocycles. The Morgan fingerprint density at radius 1 is 0.727 bits per heavy atom. The molecule has 13 nitrogen and oxygen atoms in total. The first-order chi connectivity index (χ1) is 26.0. The average Bonchev–Trinajstić information content (AvgIpc) is 3.10. The molecular weight excluding hydrogens is 826 g/mol. The topological polar surface area (TPSA) is 203 Å². The number of carbonyl (C=O) groups is 4. The predicted octanol–water partition coefficient (Wildman–Crippen LogP) is 6.59. The molecule has 0 spiro atoms. The summed E-state index contributed by atoms with van der Waals surface area (Å²) in [6.45, 7) is 5.13. The van der Waals surface area contributed by atoms with Gasteiger partial charge in [-0.3, -0.25) is 18.0 Å². The second-order valence-corrected chi connectivity index (χ2v) is 14.7. The molecule has 2 aliphatic rings. The second kappa shape index (κ2) is 19.6. The molecule has 0 saturated heterocycles. The third kappa shape index (κ3) is 11.4. The molecule has 2 heterocycles. The number of aromatic hydroxyl groups is 4. The Morgan fingerprint density at radius 2 is 1.16 bits per heavy atom. The van der Waals surface area contributed by atoms with Gasteiger partial charge in [0.15, 0.2) is 11.6 Å². The summed E-state index contributed by atoms with van der Waals surface area (Å²) in [6.07, 6.45) is 5.80. The van der Waals surface area contributed by atoms with Crippen molar-refractivity contribution in [1.29, 1.82) is 0 Å². The number of esters is 2. The van der Waals surface area contributed by atoms with Crippen LogP contribution in [-0.4, -0.2) is 83.3 Å². The quantitative estimate of drug-likeness (QED) is 0.143. The van der Waals surface area contributed by atoms with Gasteiger partial charge < -0.3 is 29.9 Å². The summed E-state index contributed by atoms with van der Waals surface area (Å²) >= 11 is 23.0. The van der Waals surface area contributed by atoms with E-state index in [1.165, 1.54) is 49.5 Å². The van der Waals surface area contributed by atoms with Gasteiger partial charge in [-0.25, -0.2) is 9.59 Å². The van der Waals surface area contributed by atoms with E-state index in [1.54, 1.807) is 0 Å². The molecule has 2 aromatic rings. The van der Waals surface area contributed by atoms with E-state index in [9.17, 15) is 43.8 Å². The molecule has 55 heavy (non-hydrogen) atoms. The highest BCUT2D eigenvalue weighted by Crippen LogP contribution is 2.39. The fourth-order valence-electron chi connectivity index (χ4n) is 5.44. The minimum atomic E-state index is -2.65. The summed E-state index contributed by atoms with van der Waals surface area (Å²) in [5.41, 5.74) is -1.26. The van der Waals surface area contributed by atoms with Crippen LogP contribution in [0.4, 0.5) is 0 Å². The van der Waals surface area contributed by atoms with Crippen molar-refractivity contribution in [3.05, 3.63) is 106 Å². The molecule has 2 aromatic carbocycles. The number of hydrogen-bond donors (Lipinski definition) is 4. The molecule has 2 aliphatic heterocycles. The maximum absolute atomic E-state index is 13.5. The van der Waals surface area contributed by atoms with Gasteiger partial charge in [-0.05, 0) is 19.1 Å². The number of phenols is 4. The van der Waals surface area contributed by atoms with Crippen LogP contribution in [-0.2, 0) is 51.6 Å². The van der Waals surface area contributed by atoms with Crippen LogP contribution in [0.25, 0.3) is 0 Å². The third-order valence-electron chi connectivity index (χ3n) is 8.10. The van der Waals surface area contributed by atoms with Crippen LogP contribution < -0.4 is 0 Å². The fourth-order valence-corrected chi connectivity index (χ4v) is 7.32. The minimum absolute atomic E-state index is 0.160. The van der Waals surface area contributed by atoms with Crippen LogP contribution >= 0.6 is 46.4 Å². The van der Waals surface area contributed by atoms with Crippen LogP contribution in [0.2, 0.25) is 10.0 Å². The number of halogens is 4. The standard InChI is InChI=1S/C37H34Cl4O13S/c1-3-21-15-31(25(39)11-7-5-9-20(43)14-23-33(37(49)52-21)27(45)17-29(47)35(23)41)54-55(50)53-30-12-18(2)51-36(48)32-22(34(40)28(46)16-26(32)44)13-19(42)8-4-6-10-24(30)38/h3-11,16-18,21,24-25,30-31,44-47H,1,12-15H2,2H3/b8-4+,9-5+,10-6-,11-7?/t18-,21-,24?,25?,30-,31-,55?/m1/s1. The smallest absolute Gasteiger partial charge is 0.342 e. The maximum atomic E-state index is 13.5. The first-order valence-electron chi connectivity index (χ1n) is 16.3. The number of rotatable bonds is 5. The zero-order valence-electron chi connectivity index (χ0n) is 28.7. The van der Waals surface area contributed by atoms with Gasteiger partial charge in [-0.15, -0.1) is 23.2 Å². The van der Waals surface area contributed by atoms with Gasteiger partial charge >= 0.3 is 23.3 Å².